The molecule has 2 N–H and O–H groups in total. The number of pyridine rings is 1. The summed E-state index contributed by atoms with van der Waals surface area (Å²) in [4.78, 5) is 5.90. The molecule has 1 unspecified atom stereocenters. The number of aromatic nitrogens is 1. The molecule has 1 aliphatic heterocycles. The molecule has 0 spiro atoms. The predicted octanol–water partition coefficient (Wildman–Crippen LogP) is 3.75. The number of likely N-dealkylation sites (tertiary alicyclic amines) is 1. The van der Waals surface area contributed by atoms with Crippen LogP contribution < -0.4 is 4.90 Å². The quantitative estimate of drug-likeness (QED) is 0.752. The Kier molecular flexibility index (Phi) is 4.60. The first kappa shape index (κ1) is 16.4. The monoisotopic (exact) mass is 353 g/mol. The lowest BCUT2D eigenvalue weighted by atomic mass is 9.93. The molecule has 25 heavy (non-hydrogen) atoms. The van der Waals surface area contributed by atoms with Gasteiger partial charge >= 0.3 is 0 Å². The number of nitrogens with one attached hydrogen (secondary N) is 1. The lowest BCUT2D eigenvalue weighted by Gasteiger charge is -2.32. The third kappa shape index (κ3) is 3.22. The van der Waals surface area contributed by atoms with Crippen LogP contribution in [0.3, 0.4) is 0 Å². The zero-order valence-corrected chi connectivity index (χ0v) is 14.8. The van der Waals surface area contributed by atoms with Crippen molar-refractivity contribution < 1.29 is 10.0 Å². The van der Waals surface area contributed by atoms with Crippen LogP contribution in [-0.4, -0.2) is 23.2 Å². The van der Waals surface area contributed by atoms with Crippen molar-refractivity contribution in [1.82, 2.24) is 4.98 Å². The van der Waals surface area contributed by atoms with Crippen LogP contribution in [0.4, 0.5) is 0 Å². The molecule has 2 aromatic carbocycles. The van der Waals surface area contributed by atoms with Gasteiger partial charge in [0.2, 0.25) is 0 Å². The molecule has 0 saturated carbocycles. The molecule has 128 valence electrons. The van der Waals surface area contributed by atoms with E-state index in [1.54, 1.807) is 6.20 Å². The summed E-state index contributed by atoms with van der Waals surface area (Å²) in [6.07, 6.45) is 5.48. The van der Waals surface area contributed by atoms with Crippen LogP contribution >= 0.6 is 11.6 Å². The maximum atomic E-state index is 11.0. The first-order valence-corrected chi connectivity index (χ1v) is 9.28. The molecule has 0 amide bonds. The normalized spacial score (nSPS) is 16.8. The van der Waals surface area contributed by atoms with Crippen molar-refractivity contribution >= 4 is 22.5 Å². The molecule has 1 fully saturated rings. The fourth-order valence-corrected chi connectivity index (χ4v) is 4.09. The molecule has 1 aromatic heterocycles. The number of quaternary nitrogens is 1. The zero-order valence-electron chi connectivity index (χ0n) is 14.1. The topological polar surface area (TPSA) is 37.6 Å². The first-order valence-electron chi connectivity index (χ1n) is 8.90. The lowest BCUT2D eigenvalue weighted by molar-refractivity contribution is -0.930. The molecule has 0 aliphatic carbocycles. The summed E-state index contributed by atoms with van der Waals surface area (Å²) in [6, 6.07) is 16.1. The Hall–Kier alpha value is -2.10. The number of halogens is 1. The van der Waals surface area contributed by atoms with Gasteiger partial charge in [-0.05, 0) is 43.5 Å². The number of phenols is 1. The molecular weight excluding hydrogens is 332 g/mol. The van der Waals surface area contributed by atoms with Crippen molar-refractivity contribution in [3.63, 3.8) is 0 Å². The Labute approximate surface area is 152 Å². The number of piperidine rings is 1. The van der Waals surface area contributed by atoms with Gasteiger partial charge in [0.25, 0.3) is 0 Å². The molecule has 3 nitrogen and oxygen atoms in total. The van der Waals surface area contributed by atoms with E-state index in [9.17, 15) is 5.11 Å². The van der Waals surface area contributed by atoms with Gasteiger partial charge < -0.3 is 10.0 Å². The van der Waals surface area contributed by atoms with Crippen LogP contribution in [-0.2, 0) is 0 Å². The van der Waals surface area contributed by atoms with Crippen LogP contribution in [0.2, 0.25) is 5.02 Å². The van der Waals surface area contributed by atoms with E-state index >= 15 is 0 Å². The molecule has 1 aliphatic rings. The van der Waals surface area contributed by atoms with Crippen molar-refractivity contribution in [1.29, 1.82) is 0 Å². The summed E-state index contributed by atoms with van der Waals surface area (Å²) in [5, 5.41) is 12.7. The molecule has 0 bridgehead atoms. The third-order valence-electron chi connectivity index (χ3n) is 5.20. The highest BCUT2D eigenvalue weighted by molar-refractivity contribution is 6.30. The average Bonchev–Trinajstić information content (AvgIpc) is 2.66. The van der Waals surface area contributed by atoms with Gasteiger partial charge in [-0.15, -0.1) is 0 Å². The summed E-state index contributed by atoms with van der Waals surface area (Å²) < 4.78 is 0. The Morgan fingerprint density at radius 2 is 1.72 bits per heavy atom. The highest BCUT2D eigenvalue weighted by atomic mass is 35.5. The number of benzene rings is 2. The molecule has 1 atom stereocenters. The van der Waals surface area contributed by atoms with Gasteiger partial charge in [-0.25, -0.2) is 0 Å². The summed E-state index contributed by atoms with van der Waals surface area (Å²) >= 11 is 6.09. The fourth-order valence-electron chi connectivity index (χ4n) is 3.96. The summed E-state index contributed by atoms with van der Waals surface area (Å²) in [7, 11) is 0. The van der Waals surface area contributed by atoms with E-state index in [-0.39, 0.29) is 6.04 Å². The van der Waals surface area contributed by atoms with Gasteiger partial charge in [0, 0.05) is 22.2 Å². The Morgan fingerprint density at radius 1 is 0.960 bits per heavy atom. The Morgan fingerprint density at radius 3 is 2.48 bits per heavy atom. The maximum Gasteiger partial charge on any atom is 0.151 e. The third-order valence-corrected chi connectivity index (χ3v) is 5.45. The summed E-state index contributed by atoms with van der Waals surface area (Å²) in [6.45, 7) is 2.24. The minimum Gasteiger partial charge on any atom is -0.505 e. The van der Waals surface area contributed by atoms with Crippen LogP contribution in [0.15, 0.2) is 54.7 Å². The minimum absolute atomic E-state index is 0.101. The van der Waals surface area contributed by atoms with E-state index in [0.717, 1.165) is 29.1 Å². The molecule has 4 rings (SSSR count). The van der Waals surface area contributed by atoms with E-state index in [0.29, 0.717) is 11.3 Å². The van der Waals surface area contributed by atoms with Gasteiger partial charge in [0.1, 0.15) is 11.6 Å². The van der Waals surface area contributed by atoms with Crippen LogP contribution in [0.25, 0.3) is 10.9 Å². The van der Waals surface area contributed by atoms with Crippen molar-refractivity contribution in [2.45, 2.75) is 25.3 Å². The summed E-state index contributed by atoms with van der Waals surface area (Å²) in [5.41, 5.74) is 2.81. The fraction of sp³-hybridized carbons (Fsp3) is 0.286. The number of rotatable bonds is 3. The predicted molar refractivity (Wildman–Crippen MR) is 101 cm³/mol. The number of phenolic OH excluding ortho intramolecular Hbond substituents is 1. The molecule has 2 heterocycles. The number of nitrogens with zero attached hydrogens (tertiary/aromatic N) is 1. The summed E-state index contributed by atoms with van der Waals surface area (Å²) in [5.74, 6) is 0.302. The van der Waals surface area contributed by atoms with E-state index in [1.807, 2.05) is 24.3 Å². The Balaban J connectivity index is 1.85. The molecule has 1 saturated heterocycles. The van der Waals surface area contributed by atoms with Crippen molar-refractivity contribution in [3.05, 3.63) is 70.9 Å². The van der Waals surface area contributed by atoms with Crippen LogP contribution in [0, 0.1) is 0 Å². The van der Waals surface area contributed by atoms with Crippen molar-refractivity contribution in [2.75, 3.05) is 13.1 Å². The smallest absolute Gasteiger partial charge is 0.151 e. The van der Waals surface area contributed by atoms with Gasteiger partial charge in [-0.2, -0.15) is 0 Å². The number of hydrogen-bond donors (Lipinski definition) is 2. The highest BCUT2D eigenvalue weighted by Gasteiger charge is 2.30. The lowest BCUT2D eigenvalue weighted by Crippen LogP contribution is -3.13. The molecule has 0 radical (unpaired) electrons. The van der Waals surface area contributed by atoms with Gasteiger partial charge in [-0.3, -0.25) is 4.98 Å². The minimum atomic E-state index is 0.101. The highest BCUT2D eigenvalue weighted by Crippen LogP contribution is 2.33. The molecular formula is C21H22ClN2O+. The number of fused-ring (bicyclic) bond motifs is 1. The largest absolute Gasteiger partial charge is 0.505 e. The number of aromatic hydroxyl groups is 1. The standard InChI is InChI=1S/C21H21ClN2O/c22-17-9-6-16(7-10-17)20(24-13-2-1-3-14-24)18-11-8-15-5-4-12-23-19(15)21(18)25/h4-12,20,25H,1-3,13-14H2/p+1. The zero-order chi connectivity index (χ0) is 17.2. The second-order valence-corrected chi connectivity index (χ2v) is 7.22. The van der Waals surface area contributed by atoms with E-state index in [4.69, 9.17) is 11.6 Å². The van der Waals surface area contributed by atoms with E-state index in [2.05, 4.69) is 29.2 Å². The van der Waals surface area contributed by atoms with Gasteiger partial charge in [-0.1, -0.05) is 35.9 Å². The van der Waals surface area contributed by atoms with Crippen LogP contribution in [0.5, 0.6) is 5.75 Å². The van der Waals surface area contributed by atoms with Crippen molar-refractivity contribution in [3.8, 4) is 5.75 Å². The van der Waals surface area contributed by atoms with Crippen molar-refractivity contribution in [2.24, 2.45) is 0 Å². The first-order chi connectivity index (χ1) is 12.2. The molecule has 3 aromatic rings. The maximum absolute atomic E-state index is 11.0. The number of hydrogen-bond acceptors (Lipinski definition) is 2. The Bertz CT molecular complexity index is 873. The molecule has 4 heteroatoms. The van der Waals surface area contributed by atoms with E-state index in [1.165, 1.54) is 29.7 Å². The SMILES string of the molecule is Oc1c(C(c2ccc(Cl)cc2)[NH+]2CCCCC2)ccc2cccnc12. The van der Waals surface area contributed by atoms with E-state index < -0.39 is 0 Å². The van der Waals surface area contributed by atoms with Gasteiger partial charge in [0.15, 0.2) is 5.75 Å². The second-order valence-electron chi connectivity index (χ2n) is 6.78. The average molecular weight is 354 g/mol. The second kappa shape index (κ2) is 7.03. The van der Waals surface area contributed by atoms with Crippen LogP contribution in [0.1, 0.15) is 36.4 Å². The van der Waals surface area contributed by atoms with Gasteiger partial charge in [0.05, 0.1) is 18.7 Å².